The predicted molar refractivity (Wildman–Crippen MR) is 66.7 cm³/mol. The number of anilines is 1. The van der Waals surface area contributed by atoms with E-state index < -0.39 is 0 Å². The van der Waals surface area contributed by atoms with Gasteiger partial charge in [0, 0.05) is 11.7 Å². The van der Waals surface area contributed by atoms with Gasteiger partial charge in [0.15, 0.2) is 0 Å². The van der Waals surface area contributed by atoms with E-state index in [-0.39, 0.29) is 0 Å². The smallest absolute Gasteiger partial charge is 0.101 e. The Labute approximate surface area is 101 Å². The lowest BCUT2D eigenvalue weighted by Gasteiger charge is -2.23. The summed E-state index contributed by atoms with van der Waals surface area (Å²) in [6.07, 6.45) is 6.41. The summed E-state index contributed by atoms with van der Waals surface area (Å²) in [4.78, 5) is 0. The van der Waals surface area contributed by atoms with Gasteiger partial charge in [-0.25, -0.2) is 0 Å². The summed E-state index contributed by atoms with van der Waals surface area (Å²) in [6, 6.07) is 8.21. The Hall–Kier alpha value is -1.20. The molecule has 2 nitrogen and oxygen atoms in total. The van der Waals surface area contributed by atoms with Crippen molar-refractivity contribution in [2.24, 2.45) is 0 Å². The minimum Gasteiger partial charge on any atom is -0.382 e. The van der Waals surface area contributed by atoms with Crippen molar-refractivity contribution in [3.8, 4) is 6.07 Å². The fourth-order valence-corrected chi connectivity index (χ4v) is 2.34. The van der Waals surface area contributed by atoms with Gasteiger partial charge in [0.2, 0.25) is 0 Å². The third-order valence-electron chi connectivity index (χ3n) is 3.06. The van der Waals surface area contributed by atoms with E-state index in [0.717, 1.165) is 5.69 Å². The third kappa shape index (κ3) is 2.68. The molecular weight excluding hydrogens is 220 g/mol. The minimum absolute atomic E-state index is 0.525. The topological polar surface area (TPSA) is 35.8 Å². The molecule has 0 atom stereocenters. The van der Waals surface area contributed by atoms with Crippen molar-refractivity contribution in [1.29, 1.82) is 5.26 Å². The van der Waals surface area contributed by atoms with Crippen LogP contribution in [0, 0.1) is 11.3 Å². The molecule has 1 aliphatic carbocycles. The average molecular weight is 235 g/mol. The van der Waals surface area contributed by atoms with Crippen LogP contribution in [0.15, 0.2) is 18.2 Å². The van der Waals surface area contributed by atoms with Crippen molar-refractivity contribution in [3.05, 3.63) is 28.8 Å². The maximum Gasteiger partial charge on any atom is 0.101 e. The molecule has 0 radical (unpaired) electrons. The molecule has 0 saturated heterocycles. The zero-order valence-electron chi connectivity index (χ0n) is 9.17. The van der Waals surface area contributed by atoms with E-state index in [0.29, 0.717) is 16.6 Å². The van der Waals surface area contributed by atoms with Crippen LogP contribution in [-0.2, 0) is 0 Å². The Morgan fingerprint density at radius 2 is 2.00 bits per heavy atom. The van der Waals surface area contributed by atoms with Crippen LogP contribution in [0.1, 0.15) is 37.7 Å². The summed E-state index contributed by atoms with van der Waals surface area (Å²) in [5, 5.41) is 12.9. The van der Waals surface area contributed by atoms with Gasteiger partial charge >= 0.3 is 0 Å². The Morgan fingerprint density at radius 1 is 1.25 bits per heavy atom. The summed E-state index contributed by atoms with van der Waals surface area (Å²) >= 11 is 5.89. The standard InChI is InChI=1S/C13H15ClN2/c14-13-7-6-12(8-10(13)9-15)16-11-4-2-1-3-5-11/h6-8,11,16H,1-5H2. The molecule has 16 heavy (non-hydrogen) atoms. The number of rotatable bonds is 2. The summed E-state index contributed by atoms with van der Waals surface area (Å²) in [6.45, 7) is 0. The van der Waals surface area contributed by atoms with Gasteiger partial charge in [-0.1, -0.05) is 30.9 Å². The number of nitriles is 1. The molecular formula is C13H15ClN2. The number of nitrogens with zero attached hydrogens (tertiary/aromatic N) is 1. The van der Waals surface area contributed by atoms with Crippen molar-refractivity contribution < 1.29 is 0 Å². The SMILES string of the molecule is N#Cc1cc(NC2CCCCC2)ccc1Cl. The molecule has 0 amide bonds. The highest BCUT2D eigenvalue weighted by atomic mass is 35.5. The molecule has 0 unspecified atom stereocenters. The van der Waals surface area contributed by atoms with Crippen molar-refractivity contribution in [1.82, 2.24) is 0 Å². The van der Waals surface area contributed by atoms with Crippen molar-refractivity contribution in [2.75, 3.05) is 5.32 Å². The van der Waals surface area contributed by atoms with Gasteiger partial charge in [-0.2, -0.15) is 5.26 Å². The van der Waals surface area contributed by atoms with E-state index >= 15 is 0 Å². The van der Waals surface area contributed by atoms with Gasteiger partial charge in [-0.05, 0) is 31.0 Å². The number of hydrogen-bond donors (Lipinski definition) is 1. The molecule has 3 heteroatoms. The minimum atomic E-state index is 0.525. The molecule has 1 aromatic carbocycles. The van der Waals surface area contributed by atoms with Crippen LogP contribution in [0.2, 0.25) is 5.02 Å². The van der Waals surface area contributed by atoms with Crippen LogP contribution in [-0.4, -0.2) is 6.04 Å². The van der Waals surface area contributed by atoms with Gasteiger partial charge in [-0.15, -0.1) is 0 Å². The summed E-state index contributed by atoms with van der Waals surface area (Å²) in [5.41, 5.74) is 1.55. The first-order chi connectivity index (χ1) is 7.79. The Balaban J connectivity index is 2.06. The second-order valence-electron chi connectivity index (χ2n) is 4.29. The van der Waals surface area contributed by atoms with Crippen LogP contribution in [0.5, 0.6) is 0 Å². The Bertz CT molecular complexity index is 403. The molecule has 0 aliphatic heterocycles. The van der Waals surface area contributed by atoms with Gasteiger partial charge in [0.1, 0.15) is 6.07 Å². The molecule has 1 aromatic rings. The van der Waals surface area contributed by atoms with E-state index in [1.807, 2.05) is 12.1 Å². The van der Waals surface area contributed by atoms with Gasteiger partial charge in [0.25, 0.3) is 0 Å². The number of nitrogens with one attached hydrogen (secondary N) is 1. The highest BCUT2D eigenvalue weighted by molar-refractivity contribution is 6.31. The molecule has 1 fully saturated rings. The maximum absolute atomic E-state index is 8.89. The molecule has 1 aliphatic rings. The monoisotopic (exact) mass is 234 g/mol. The Morgan fingerprint density at radius 3 is 2.69 bits per heavy atom. The van der Waals surface area contributed by atoms with E-state index in [1.54, 1.807) is 6.07 Å². The first-order valence-corrected chi connectivity index (χ1v) is 6.13. The van der Waals surface area contributed by atoms with E-state index in [1.165, 1.54) is 32.1 Å². The second-order valence-corrected chi connectivity index (χ2v) is 4.69. The number of halogens is 1. The van der Waals surface area contributed by atoms with Crippen LogP contribution >= 0.6 is 11.6 Å². The zero-order chi connectivity index (χ0) is 11.4. The molecule has 0 spiro atoms. The van der Waals surface area contributed by atoms with Gasteiger partial charge in [-0.3, -0.25) is 0 Å². The molecule has 1 N–H and O–H groups in total. The van der Waals surface area contributed by atoms with Crippen molar-refractivity contribution in [2.45, 2.75) is 38.1 Å². The lowest BCUT2D eigenvalue weighted by molar-refractivity contribution is 0.463. The number of hydrogen-bond acceptors (Lipinski definition) is 2. The van der Waals surface area contributed by atoms with Crippen LogP contribution in [0.25, 0.3) is 0 Å². The third-order valence-corrected chi connectivity index (χ3v) is 3.39. The lowest BCUT2D eigenvalue weighted by Crippen LogP contribution is -2.22. The second kappa shape index (κ2) is 5.23. The summed E-state index contributed by atoms with van der Waals surface area (Å²) in [7, 11) is 0. The van der Waals surface area contributed by atoms with Crippen molar-refractivity contribution >= 4 is 17.3 Å². The highest BCUT2D eigenvalue weighted by Gasteiger charge is 2.13. The largest absolute Gasteiger partial charge is 0.382 e. The van der Waals surface area contributed by atoms with E-state index in [2.05, 4.69) is 11.4 Å². The van der Waals surface area contributed by atoms with Gasteiger partial charge in [0.05, 0.1) is 10.6 Å². The zero-order valence-corrected chi connectivity index (χ0v) is 9.93. The molecule has 0 bridgehead atoms. The summed E-state index contributed by atoms with van der Waals surface area (Å²) < 4.78 is 0. The summed E-state index contributed by atoms with van der Waals surface area (Å²) in [5.74, 6) is 0. The van der Waals surface area contributed by atoms with E-state index in [9.17, 15) is 0 Å². The molecule has 84 valence electrons. The fraction of sp³-hybridized carbons (Fsp3) is 0.462. The first kappa shape index (κ1) is 11.3. The molecule has 0 heterocycles. The lowest BCUT2D eigenvalue weighted by atomic mass is 9.95. The van der Waals surface area contributed by atoms with Crippen LogP contribution < -0.4 is 5.32 Å². The maximum atomic E-state index is 8.89. The fourth-order valence-electron chi connectivity index (χ4n) is 2.18. The normalized spacial score (nSPS) is 16.8. The Kier molecular flexibility index (Phi) is 3.69. The quantitative estimate of drug-likeness (QED) is 0.841. The molecule has 1 saturated carbocycles. The van der Waals surface area contributed by atoms with Crippen molar-refractivity contribution in [3.63, 3.8) is 0 Å². The first-order valence-electron chi connectivity index (χ1n) is 5.76. The van der Waals surface area contributed by atoms with Crippen LogP contribution in [0.4, 0.5) is 5.69 Å². The average Bonchev–Trinajstić information content (AvgIpc) is 2.33. The van der Waals surface area contributed by atoms with Crippen LogP contribution in [0.3, 0.4) is 0 Å². The molecule has 0 aromatic heterocycles. The predicted octanol–water partition coefficient (Wildman–Crippen LogP) is 3.96. The number of benzene rings is 1. The molecule has 2 rings (SSSR count). The highest BCUT2D eigenvalue weighted by Crippen LogP contribution is 2.24. The van der Waals surface area contributed by atoms with E-state index in [4.69, 9.17) is 16.9 Å². The van der Waals surface area contributed by atoms with Gasteiger partial charge < -0.3 is 5.32 Å².